The molecule has 1 aromatic heterocycles. The molecule has 1 aliphatic heterocycles. The van der Waals surface area contributed by atoms with E-state index in [0.717, 1.165) is 48.4 Å². The van der Waals surface area contributed by atoms with Crippen molar-refractivity contribution in [2.75, 3.05) is 27.2 Å². The smallest absolute Gasteiger partial charge is 0.227 e. The van der Waals surface area contributed by atoms with E-state index in [1.807, 2.05) is 77.4 Å². The van der Waals surface area contributed by atoms with Crippen LogP contribution in [0.25, 0.3) is 16.9 Å². The minimum absolute atomic E-state index is 0.132. The standard InChI is InChI=1S/C24H27ClN4O/c1-27-14-12-21(13-15-27)28(2)23(30)16-19-17-29(22-6-4-3-5-7-22)26-24(19)18-8-10-20(25)11-9-18/h3-11,17,21H,12-16H2,1-2H3. The minimum atomic E-state index is 0.132. The van der Waals surface area contributed by atoms with Gasteiger partial charge in [-0.25, -0.2) is 4.68 Å². The summed E-state index contributed by atoms with van der Waals surface area (Å²) in [5.41, 5.74) is 3.67. The largest absolute Gasteiger partial charge is 0.342 e. The highest BCUT2D eigenvalue weighted by Crippen LogP contribution is 2.26. The number of rotatable bonds is 5. The van der Waals surface area contributed by atoms with E-state index >= 15 is 0 Å². The molecule has 5 nitrogen and oxygen atoms in total. The summed E-state index contributed by atoms with van der Waals surface area (Å²) < 4.78 is 1.85. The minimum Gasteiger partial charge on any atom is -0.342 e. The van der Waals surface area contributed by atoms with Gasteiger partial charge >= 0.3 is 0 Å². The van der Waals surface area contributed by atoms with Gasteiger partial charge in [-0.15, -0.1) is 0 Å². The summed E-state index contributed by atoms with van der Waals surface area (Å²) in [7, 11) is 4.07. The average molecular weight is 423 g/mol. The number of amides is 1. The summed E-state index contributed by atoms with van der Waals surface area (Å²) in [6.45, 7) is 2.06. The molecule has 1 fully saturated rings. The Labute approximate surface area is 182 Å². The Balaban J connectivity index is 1.61. The highest BCUT2D eigenvalue weighted by Gasteiger charge is 2.25. The van der Waals surface area contributed by atoms with Crippen molar-refractivity contribution < 1.29 is 4.79 Å². The van der Waals surface area contributed by atoms with E-state index in [2.05, 4.69) is 11.9 Å². The van der Waals surface area contributed by atoms with Crippen molar-refractivity contribution in [1.82, 2.24) is 19.6 Å². The van der Waals surface area contributed by atoms with Crippen LogP contribution >= 0.6 is 11.6 Å². The number of carbonyl (C=O) groups excluding carboxylic acids is 1. The first-order valence-corrected chi connectivity index (χ1v) is 10.7. The van der Waals surface area contributed by atoms with Crippen LogP contribution in [0.2, 0.25) is 5.02 Å². The zero-order valence-corrected chi connectivity index (χ0v) is 18.2. The van der Waals surface area contributed by atoms with Gasteiger partial charge in [-0.3, -0.25) is 4.79 Å². The predicted octanol–water partition coefficient (Wildman–Crippen LogP) is 4.29. The van der Waals surface area contributed by atoms with E-state index in [9.17, 15) is 4.79 Å². The average Bonchev–Trinajstić information content (AvgIpc) is 3.18. The van der Waals surface area contributed by atoms with Crippen LogP contribution in [0.4, 0.5) is 0 Å². The van der Waals surface area contributed by atoms with Crippen molar-refractivity contribution in [3.63, 3.8) is 0 Å². The number of halogens is 1. The molecule has 0 atom stereocenters. The molecule has 1 amide bonds. The number of para-hydroxylation sites is 1. The van der Waals surface area contributed by atoms with Crippen LogP contribution in [0.5, 0.6) is 0 Å². The van der Waals surface area contributed by atoms with E-state index in [0.29, 0.717) is 17.5 Å². The summed E-state index contributed by atoms with van der Waals surface area (Å²) >= 11 is 6.07. The van der Waals surface area contributed by atoms with Crippen molar-refractivity contribution in [3.05, 3.63) is 71.4 Å². The molecule has 6 heteroatoms. The molecule has 30 heavy (non-hydrogen) atoms. The van der Waals surface area contributed by atoms with Gasteiger partial charge in [0.25, 0.3) is 0 Å². The maximum atomic E-state index is 13.1. The molecule has 0 spiro atoms. The van der Waals surface area contributed by atoms with Crippen molar-refractivity contribution >= 4 is 17.5 Å². The predicted molar refractivity (Wildman–Crippen MR) is 121 cm³/mol. The van der Waals surface area contributed by atoms with Crippen LogP contribution in [-0.2, 0) is 11.2 Å². The van der Waals surface area contributed by atoms with Gasteiger partial charge < -0.3 is 9.80 Å². The lowest BCUT2D eigenvalue weighted by molar-refractivity contribution is -0.132. The maximum absolute atomic E-state index is 13.1. The molecule has 1 saturated heterocycles. The lowest BCUT2D eigenvalue weighted by atomic mass is 10.0. The van der Waals surface area contributed by atoms with E-state index in [1.165, 1.54) is 0 Å². The third-order valence-electron chi connectivity index (χ3n) is 5.90. The lowest BCUT2D eigenvalue weighted by Gasteiger charge is -2.35. The van der Waals surface area contributed by atoms with Gasteiger partial charge in [0.1, 0.15) is 0 Å². The van der Waals surface area contributed by atoms with Gasteiger partial charge in [0.15, 0.2) is 0 Å². The number of likely N-dealkylation sites (N-methyl/N-ethyl adjacent to an activating group) is 1. The van der Waals surface area contributed by atoms with Crippen LogP contribution in [-0.4, -0.2) is 58.7 Å². The Morgan fingerprint density at radius 1 is 1.10 bits per heavy atom. The molecule has 0 unspecified atom stereocenters. The van der Waals surface area contributed by atoms with Crippen molar-refractivity contribution in [1.29, 1.82) is 0 Å². The number of hydrogen-bond donors (Lipinski definition) is 0. The third-order valence-corrected chi connectivity index (χ3v) is 6.15. The molecule has 0 radical (unpaired) electrons. The van der Waals surface area contributed by atoms with Gasteiger partial charge in [0.2, 0.25) is 5.91 Å². The van der Waals surface area contributed by atoms with Crippen molar-refractivity contribution in [2.45, 2.75) is 25.3 Å². The van der Waals surface area contributed by atoms with Crippen LogP contribution in [0, 0.1) is 0 Å². The molecule has 156 valence electrons. The second-order valence-electron chi connectivity index (χ2n) is 8.01. The van der Waals surface area contributed by atoms with Crippen LogP contribution in [0.3, 0.4) is 0 Å². The number of carbonyl (C=O) groups is 1. The zero-order chi connectivity index (χ0) is 21.1. The third kappa shape index (κ3) is 4.58. The molecule has 3 aromatic rings. The summed E-state index contributed by atoms with van der Waals surface area (Å²) in [4.78, 5) is 17.4. The zero-order valence-electron chi connectivity index (χ0n) is 17.5. The Bertz CT molecular complexity index is 992. The first kappa shape index (κ1) is 20.6. The molecular weight excluding hydrogens is 396 g/mol. The van der Waals surface area contributed by atoms with Gasteiger partial charge in [-0.2, -0.15) is 5.10 Å². The number of likely N-dealkylation sites (tertiary alicyclic amines) is 1. The number of nitrogens with zero attached hydrogens (tertiary/aromatic N) is 4. The van der Waals surface area contributed by atoms with Gasteiger partial charge in [0, 0.05) is 35.4 Å². The Hall–Kier alpha value is -2.63. The maximum Gasteiger partial charge on any atom is 0.227 e. The van der Waals surface area contributed by atoms with Crippen LogP contribution in [0.1, 0.15) is 18.4 Å². The molecule has 2 aromatic carbocycles. The quantitative estimate of drug-likeness (QED) is 0.616. The molecule has 2 heterocycles. The summed E-state index contributed by atoms with van der Waals surface area (Å²) in [5, 5.41) is 5.49. The first-order valence-electron chi connectivity index (χ1n) is 10.4. The summed E-state index contributed by atoms with van der Waals surface area (Å²) in [5.74, 6) is 0.132. The Morgan fingerprint density at radius 3 is 2.43 bits per heavy atom. The molecule has 1 aliphatic rings. The monoisotopic (exact) mass is 422 g/mol. The van der Waals surface area contributed by atoms with E-state index in [-0.39, 0.29) is 5.91 Å². The second kappa shape index (κ2) is 9.02. The van der Waals surface area contributed by atoms with Crippen molar-refractivity contribution in [2.24, 2.45) is 0 Å². The summed E-state index contributed by atoms with van der Waals surface area (Å²) in [6.07, 6.45) is 4.34. The van der Waals surface area contributed by atoms with Gasteiger partial charge in [-0.05, 0) is 57.2 Å². The van der Waals surface area contributed by atoms with E-state index in [4.69, 9.17) is 16.7 Å². The van der Waals surface area contributed by atoms with E-state index < -0.39 is 0 Å². The second-order valence-corrected chi connectivity index (χ2v) is 8.44. The summed E-state index contributed by atoms with van der Waals surface area (Å²) in [6, 6.07) is 17.9. The topological polar surface area (TPSA) is 41.4 Å². The van der Waals surface area contributed by atoms with Gasteiger partial charge in [0.05, 0.1) is 17.8 Å². The molecular formula is C24H27ClN4O. The molecule has 0 bridgehead atoms. The van der Waals surface area contributed by atoms with Crippen LogP contribution in [0.15, 0.2) is 60.8 Å². The van der Waals surface area contributed by atoms with Crippen LogP contribution < -0.4 is 0 Å². The Kier molecular flexibility index (Phi) is 6.21. The van der Waals surface area contributed by atoms with Gasteiger partial charge in [-0.1, -0.05) is 41.9 Å². The lowest BCUT2D eigenvalue weighted by Crippen LogP contribution is -2.45. The highest BCUT2D eigenvalue weighted by molar-refractivity contribution is 6.30. The molecule has 0 saturated carbocycles. The first-order chi connectivity index (χ1) is 14.5. The number of benzene rings is 2. The van der Waals surface area contributed by atoms with E-state index in [1.54, 1.807) is 0 Å². The Morgan fingerprint density at radius 2 is 1.77 bits per heavy atom. The molecule has 0 N–H and O–H groups in total. The fraction of sp³-hybridized carbons (Fsp3) is 0.333. The SMILES string of the molecule is CN1CCC(N(C)C(=O)Cc2cn(-c3ccccc3)nc2-c2ccc(Cl)cc2)CC1. The highest BCUT2D eigenvalue weighted by atomic mass is 35.5. The normalized spacial score (nSPS) is 15.3. The fourth-order valence-electron chi connectivity index (χ4n) is 3.98. The molecule has 0 aliphatic carbocycles. The number of hydrogen-bond acceptors (Lipinski definition) is 3. The number of aromatic nitrogens is 2. The number of piperidine rings is 1. The van der Waals surface area contributed by atoms with Crippen molar-refractivity contribution in [3.8, 4) is 16.9 Å². The fourth-order valence-corrected chi connectivity index (χ4v) is 4.10. The molecule has 4 rings (SSSR count).